The van der Waals surface area contributed by atoms with Gasteiger partial charge in [-0.15, -0.1) is 0 Å². The van der Waals surface area contributed by atoms with Gasteiger partial charge in [0.25, 0.3) is 0 Å². The van der Waals surface area contributed by atoms with E-state index in [0.29, 0.717) is 6.04 Å². The number of nitrogens with one attached hydrogen (secondary N) is 1. The number of rotatable bonds is 10. The molecular formula is C26H32N2. The van der Waals surface area contributed by atoms with E-state index in [1.54, 1.807) is 0 Å². The molecule has 2 aromatic rings. The molecule has 0 fully saturated rings. The maximum Gasteiger partial charge on any atom is 0.108 e. The van der Waals surface area contributed by atoms with Gasteiger partial charge in [0.1, 0.15) is 5.41 Å². The summed E-state index contributed by atoms with van der Waals surface area (Å²) >= 11 is 0. The van der Waals surface area contributed by atoms with Crippen LogP contribution in [0.4, 0.5) is 0 Å². The molecule has 1 aliphatic carbocycles. The van der Waals surface area contributed by atoms with E-state index < -0.39 is 5.41 Å². The Hall–Kier alpha value is -2.37. The van der Waals surface area contributed by atoms with Gasteiger partial charge in [0.2, 0.25) is 0 Å². The number of nitriles is 1. The number of allylic oxidation sites excluding steroid dienone is 1. The lowest BCUT2D eigenvalue weighted by Gasteiger charge is -2.27. The summed E-state index contributed by atoms with van der Waals surface area (Å²) in [6, 6.07) is 20.1. The zero-order valence-electron chi connectivity index (χ0n) is 17.2. The third kappa shape index (κ3) is 4.05. The number of fused-ring (bicyclic) bond motifs is 3. The van der Waals surface area contributed by atoms with Crippen molar-refractivity contribution in [2.24, 2.45) is 0 Å². The van der Waals surface area contributed by atoms with E-state index in [1.807, 2.05) is 0 Å². The molecule has 0 amide bonds. The Balaban J connectivity index is 1.79. The van der Waals surface area contributed by atoms with E-state index in [4.69, 9.17) is 0 Å². The molecule has 0 radical (unpaired) electrons. The molecule has 28 heavy (non-hydrogen) atoms. The maximum absolute atomic E-state index is 10.3. The molecular weight excluding hydrogens is 340 g/mol. The third-order valence-electron chi connectivity index (χ3n) is 5.91. The Morgan fingerprint density at radius 1 is 0.964 bits per heavy atom. The number of benzene rings is 2. The van der Waals surface area contributed by atoms with Crippen molar-refractivity contribution in [2.45, 2.75) is 63.8 Å². The van der Waals surface area contributed by atoms with Crippen molar-refractivity contribution in [1.82, 2.24) is 5.32 Å². The van der Waals surface area contributed by atoms with Crippen molar-refractivity contribution >= 4 is 0 Å². The van der Waals surface area contributed by atoms with Crippen LogP contribution in [0.1, 0.15) is 63.5 Å². The van der Waals surface area contributed by atoms with Gasteiger partial charge < -0.3 is 5.32 Å². The molecule has 1 aliphatic rings. The van der Waals surface area contributed by atoms with Crippen LogP contribution >= 0.6 is 0 Å². The Kier molecular flexibility index (Phi) is 7.06. The van der Waals surface area contributed by atoms with Crippen molar-refractivity contribution in [3.63, 3.8) is 0 Å². The van der Waals surface area contributed by atoms with Crippen LogP contribution in [-0.2, 0) is 5.41 Å². The van der Waals surface area contributed by atoms with Crippen molar-refractivity contribution in [2.75, 3.05) is 6.54 Å². The standard InChI is InChI=1S/C26H32N2/c1-3-5-6-11-19-28-21(12-4-2)17-18-26(20-27)24-15-9-7-13-22(24)23-14-8-10-16-25(23)26/h5-10,13-16,21,28H,3-4,11-12,17-19H2,1-2H3/b6-5+. The summed E-state index contributed by atoms with van der Waals surface area (Å²) in [6.07, 6.45) is 10.9. The molecule has 0 saturated carbocycles. The Morgan fingerprint density at radius 2 is 1.61 bits per heavy atom. The Labute approximate surface area is 170 Å². The molecule has 146 valence electrons. The first-order valence-corrected chi connectivity index (χ1v) is 10.8. The first kappa shape index (κ1) is 20.4. The highest BCUT2D eigenvalue weighted by atomic mass is 14.9. The molecule has 3 rings (SSSR count). The molecule has 2 aromatic carbocycles. The van der Waals surface area contributed by atoms with Crippen LogP contribution in [0.25, 0.3) is 11.1 Å². The molecule has 0 bridgehead atoms. The fourth-order valence-electron chi connectivity index (χ4n) is 4.51. The predicted octanol–water partition coefficient (Wildman–Crippen LogP) is 6.37. The highest BCUT2D eigenvalue weighted by Crippen LogP contribution is 2.51. The van der Waals surface area contributed by atoms with Crippen molar-refractivity contribution < 1.29 is 0 Å². The third-order valence-corrected chi connectivity index (χ3v) is 5.91. The average molecular weight is 373 g/mol. The number of nitrogens with zero attached hydrogens (tertiary/aromatic N) is 1. The minimum absolute atomic E-state index is 0.463. The van der Waals surface area contributed by atoms with E-state index in [1.165, 1.54) is 22.3 Å². The summed E-state index contributed by atoms with van der Waals surface area (Å²) in [6.45, 7) is 5.42. The largest absolute Gasteiger partial charge is 0.314 e. The van der Waals surface area contributed by atoms with Crippen LogP contribution in [0.15, 0.2) is 60.7 Å². The van der Waals surface area contributed by atoms with Crippen LogP contribution in [0.3, 0.4) is 0 Å². The van der Waals surface area contributed by atoms with E-state index in [9.17, 15) is 5.26 Å². The van der Waals surface area contributed by atoms with Gasteiger partial charge in [-0.25, -0.2) is 0 Å². The van der Waals surface area contributed by atoms with Crippen LogP contribution in [0.5, 0.6) is 0 Å². The normalized spacial score (nSPS) is 15.2. The second-order valence-electron chi connectivity index (χ2n) is 7.76. The van der Waals surface area contributed by atoms with Crippen molar-refractivity contribution in [3.8, 4) is 17.2 Å². The highest BCUT2D eigenvalue weighted by Gasteiger charge is 2.43. The molecule has 2 heteroatoms. The van der Waals surface area contributed by atoms with Crippen LogP contribution in [-0.4, -0.2) is 12.6 Å². The van der Waals surface area contributed by atoms with Gasteiger partial charge in [-0.1, -0.05) is 81.0 Å². The minimum atomic E-state index is -0.525. The lowest BCUT2D eigenvalue weighted by molar-refractivity contribution is 0.414. The highest BCUT2D eigenvalue weighted by molar-refractivity contribution is 5.82. The van der Waals surface area contributed by atoms with Gasteiger partial charge in [0, 0.05) is 6.04 Å². The molecule has 1 atom stereocenters. The first-order valence-electron chi connectivity index (χ1n) is 10.8. The smallest absolute Gasteiger partial charge is 0.108 e. The fraction of sp³-hybridized carbons (Fsp3) is 0.423. The van der Waals surface area contributed by atoms with Gasteiger partial charge in [0.05, 0.1) is 6.07 Å². The first-order chi connectivity index (χ1) is 13.8. The SMILES string of the molecule is CC/C=C/CCNC(CCC)CCC1(C#N)c2ccccc2-c2ccccc21. The van der Waals surface area contributed by atoms with E-state index in [-0.39, 0.29) is 0 Å². The topological polar surface area (TPSA) is 35.8 Å². The summed E-state index contributed by atoms with van der Waals surface area (Å²) in [5.41, 5.74) is 4.29. The second kappa shape index (κ2) is 9.71. The predicted molar refractivity (Wildman–Crippen MR) is 118 cm³/mol. The van der Waals surface area contributed by atoms with Crippen LogP contribution < -0.4 is 5.32 Å². The summed E-state index contributed by atoms with van der Waals surface area (Å²) in [7, 11) is 0. The Morgan fingerprint density at radius 3 is 2.18 bits per heavy atom. The molecule has 1 unspecified atom stereocenters. The molecule has 0 heterocycles. The minimum Gasteiger partial charge on any atom is -0.314 e. The van der Waals surface area contributed by atoms with Gasteiger partial charge in [-0.05, 0) is 60.9 Å². The van der Waals surface area contributed by atoms with Crippen molar-refractivity contribution in [1.29, 1.82) is 5.26 Å². The molecule has 0 aliphatic heterocycles. The van der Waals surface area contributed by atoms with Gasteiger partial charge in [-0.2, -0.15) is 5.26 Å². The average Bonchev–Trinajstić information content (AvgIpc) is 3.02. The van der Waals surface area contributed by atoms with Crippen LogP contribution in [0.2, 0.25) is 0 Å². The monoisotopic (exact) mass is 372 g/mol. The quantitative estimate of drug-likeness (QED) is 0.388. The molecule has 0 spiro atoms. The van der Waals surface area contributed by atoms with E-state index in [2.05, 4.69) is 85.9 Å². The van der Waals surface area contributed by atoms with Gasteiger partial charge in [-0.3, -0.25) is 0 Å². The fourth-order valence-corrected chi connectivity index (χ4v) is 4.51. The summed E-state index contributed by atoms with van der Waals surface area (Å²) in [5, 5.41) is 14.1. The molecule has 0 saturated heterocycles. The number of hydrogen-bond acceptors (Lipinski definition) is 2. The maximum atomic E-state index is 10.3. The summed E-state index contributed by atoms with van der Waals surface area (Å²) in [5.74, 6) is 0. The summed E-state index contributed by atoms with van der Waals surface area (Å²) < 4.78 is 0. The van der Waals surface area contributed by atoms with Crippen LogP contribution in [0, 0.1) is 11.3 Å². The lowest BCUT2D eigenvalue weighted by Crippen LogP contribution is -2.33. The van der Waals surface area contributed by atoms with Gasteiger partial charge >= 0.3 is 0 Å². The molecule has 0 aromatic heterocycles. The van der Waals surface area contributed by atoms with Crippen molar-refractivity contribution in [3.05, 3.63) is 71.8 Å². The number of hydrogen-bond donors (Lipinski definition) is 1. The second-order valence-corrected chi connectivity index (χ2v) is 7.76. The zero-order valence-corrected chi connectivity index (χ0v) is 17.2. The Bertz CT molecular complexity index is 798. The summed E-state index contributed by atoms with van der Waals surface area (Å²) in [4.78, 5) is 0. The molecule has 1 N–H and O–H groups in total. The van der Waals surface area contributed by atoms with E-state index >= 15 is 0 Å². The lowest BCUT2D eigenvalue weighted by atomic mass is 9.75. The van der Waals surface area contributed by atoms with E-state index in [0.717, 1.165) is 45.1 Å². The zero-order chi connectivity index (χ0) is 19.8. The van der Waals surface area contributed by atoms with Gasteiger partial charge in [0.15, 0.2) is 0 Å². The molecule has 2 nitrogen and oxygen atoms in total.